The Bertz CT molecular complexity index is 530. The molecule has 2 aliphatic rings. The molecule has 1 aromatic heterocycles. The van der Waals surface area contributed by atoms with E-state index in [1.54, 1.807) is 6.20 Å². The van der Waals surface area contributed by atoms with Gasteiger partial charge in [-0.05, 0) is 32.9 Å². The van der Waals surface area contributed by atoms with E-state index in [4.69, 9.17) is 4.42 Å². The van der Waals surface area contributed by atoms with E-state index in [9.17, 15) is 4.79 Å². The van der Waals surface area contributed by atoms with Crippen LogP contribution in [0.25, 0.3) is 0 Å². The number of oxazole rings is 1. The van der Waals surface area contributed by atoms with E-state index in [2.05, 4.69) is 29.2 Å². The van der Waals surface area contributed by atoms with Crippen molar-refractivity contribution in [3.63, 3.8) is 0 Å². The van der Waals surface area contributed by atoms with Crippen LogP contribution in [0.4, 0.5) is 4.79 Å². The topological polar surface area (TPSA) is 61.6 Å². The highest BCUT2D eigenvalue weighted by Gasteiger charge is 2.43. The third kappa shape index (κ3) is 3.27. The number of hydrogen-bond donors (Lipinski definition) is 1. The summed E-state index contributed by atoms with van der Waals surface area (Å²) in [6.45, 7) is 6.50. The Kier molecular flexibility index (Phi) is 4.38. The van der Waals surface area contributed by atoms with Gasteiger partial charge in [0.05, 0.1) is 12.7 Å². The van der Waals surface area contributed by atoms with Crippen molar-refractivity contribution in [1.82, 2.24) is 20.1 Å². The van der Waals surface area contributed by atoms with Crippen LogP contribution in [0.1, 0.15) is 37.8 Å². The zero-order valence-corrected chi connectivity index (χ0v) is 13.6. The Morgan fingerprint density at radius 3 is 2.95 bits per heavy atom. The van der Waals surface area contributed by atoms with Crippen LogP contribution in [0.15, 0.2) is 10.6 Å². The van der Waals surface area contributed by atoms with Crippen LogP contribution in [0, 0.1) is 5.41 Å². The van der Waals surface area contributed by atoms with Gasteiger partial charge in [0, 0.05) is 31.5 Å². The summed E-state index contributed by atoms with van der Waals surface area (Å²) in [7, 11) is 2.16. The molecule has 3 rings (SSSR count). The first-order chi connectivity index (χ1) is 10.6. The molecule has 2 fully saturated rings. The van der Waals surface area contributed by atoms with Crippen LogP contribution in [-0.2, 0) is 13.0 Å². The molecule has 1 atom stereocenters. The summed E-state index contributed by atoms with van der Waals surface area (Å²) >= 11 is 0. The maximum absolute atomic E-state index is 12.3. The predicted molar refractivity (Wildman–Crippen MR) is 83.5 cm³/mol. The van der Waals surface area contributed by atoms with E-state index in [-0.39, 0.29) is 6.03 Å². The Balaban J connectivity index is 1.48. The maximum atomic E-state index is 12.3. The number of likely N-dealkylation sites (tertiary alicyclic amines) is 2. The van der Waals surface area contributed by atoms with Crippen molar-refractivity contribution in [2.24, 2.45) is 5.41 Å². The molecule has 1 spiro atoms. The minimum absolute atomic E-state index is 0.0138. The Labute approximate surface area is 131 Å². The molecular weight excluding hydrogens is 280 g/mol. The molecule has 0 aliphatic carbocycles. The molecule has 1 aromatic rings. The van der Waals surface area contributed by atoms with Crippen LogP contribution in [-0.4, -0.2) is 54.0 Å². The summed E-state index contributed by atoms with van der Waals surface area (Å²) in [5.41, 5.74) is 0.326. The van der Waals surface area contributed by atoms with Crippen molar-refractivity contribution < 1.29 is 9.21 Å². The number of amides is 2. The predicted octanol–water partition coefficient (Wildman–Crippen LogP) is 1.86. The van der Waals surface area contributed by atoms with Crippen LogP contribution >= 0.6 is 0 Å². The number of aryl methyl sites for hydroxylation is 1. The van der Waals surface area contributed by atoms with Crippen molar-refractivity contribution in [2.75, 3.05) is 33.2 Å². The molecule has 122 valence electrons. The smallest absolute Gasteiger partial charge is 0.317 e. The molecule has 3 heterocycles. The zero-order chi connectivity index (χ0) is 15.6. The fourth-order valence-electron chi connectivity index (χ4n) is 3.63. The maximum Gasteiger partial charge on any atom is 0.317 e. The van der Waals surface area contributed by atoms with Gasteiger partial charge < -0.3 is 19.5 Å². The molecule has 2 aliphatic heterocycles. The Morgan fingerprint density at radius 2 is 2.23 bits per heavy atom. The molecular formula is C16H26N4O2. The molecule has 0 bridgehead atoms. The van der Waals surface area contributed by atoms with Crippen molar-refractivity contribution >= 4 is 6.03 Å². The molecule has 0 aromatic carbocycles. The Hall–Kier alpha value is -1.56. The average Bonchev–Trinajstić information content (AvgIpc) is 3.19. The highest BCUT2D eigenvalue weighted by atomic mass is 16.4. The summed E-state index contributed by atoms with van der Waals surface area (Å²) in [5.74, 6) is 1.48. The molecule has 22 heavy (non-hydrogen) atoms. The van der Waals surface area contributed by atoms with Gasteiger partial charge in [0.15, 0.2) is 5.89 Å². The summed E-state index contributed by atoms with van der Waals surface area (Å²) in [6, 6.07) is 0.0138. The minimum Gasteiger partial charge on any atom is -0.444 e. The first kappa shape index (κ1) is 15.3. The number of hydrogen-bond acceptors (Lipinski definition) is 4. The lowest BCUT2D eigenvalue weighted by Crippen LogP contribution is -2.40. The number of carbonyl (C=O) groups is 1. The second-order valence-electron chi connectivity index (χ2n) is 6.79. The molecule has 2 amide bonds. The number of aromatic nitrogens is 1. The molecule has 6 nitrogen and oxygen atoms in total. The van der Waals surface area contributed by atoms with Crippen molar-refractivity contribution in [1.29, 1.82) is 0 Å². The van der Waals surface area contributed by atoms with E-state index in [0.717, 1.165) is 57.1 Å². The third-order valence-electron chi connectivity index (χ3n) is 4.83. The lowest BCUT2D eigenvalue weighted by Gasteiger charge is -2.23. The number of rotatable bonds is 4. The molecule has 2 saturated heterocycles. The summed E-state index contributed by atoms with van der Waals surface area (Å²) in [5, 5.41) is 2.95. The number of carbonyl (C=O) groups excluding carboxylic acids is 1. The van der Waals surface area contributed by atoms with Gasteiger partial charge in [0.25, 0.3) is 0 Å². The van der Waals surface area contributed by atoms with E-state index in [1.807, 2.05) is 4.90 Å². The zero-order valence-electron chi connectivity index (χ0n) is 13.6. The third-order valence-corrected chi connectivity index (χ3v) is 4.83. The van der Waals surface area contributed by atoms with E-state index < -0.39 is 0 Å². The number of nitrogens with zero attached hydrogens (tertiary/aromatic N) is 3. The minimum atomic E-state index is 0.0138. The molecule has 1 N–H and O–H groups in total. The highest BCUT2D eigenvalue weighted by molar-refractivity contribution is 5.74. The summed E-state index contributed by atoms with van der Waals surface area (Å²) < 4.78 is 5.59. The monoisotopic (exact) mass is 306 g/mol. The van der Waals surface area contributed by atoms with Crippen LogP contribution in [0.2, 0.25) is 0 Å². The van der Waals surface area contributed by atoms with Crippen LogP contribution in [0.5, 0.6) is 0 Å². The van der Waals surface area contributed by atoms with Gasteiger partial charge in [-0.2, -0.15) is 0 Å². The standard InChI is InChI=1S/C16H26N4O2/c1-3-4-14-17-9-13(22-14)10-18-15(21)20-8-6-16(12-20)5-7-19(2)11-16/h9H,3-8,10-12H2,1-2H3,(H,18,21). The summed E-state index contributed by atoms with van der Waals surface area (Å²) in [4.78, 5) is 20.8. The van der Waals surface area contributed by atoms with Gasteiger partial charge >= 0.3 is 6.03 Å². The second kappa shape index (κ2) is 6.28. The van der Waals surface area contributed by atoms with Gasteiger partial charge in [-0.15, -0.1) is 0 Å². The van der Waals surface area contributed by atoms with Gasteiger partial charge in [-0.25, -0.2) is 9.78 Å². The van der Waals surface area contributed by atoms with E-state index >= 15 is 0 Å². The summed E-state index contributed by atoms with van der Waals surface area (Å²) in [6.07, 6.45) is 5.89. The van der Waals surface area contributed by atoms with E-state index in [0.29, 0.717) is 12.0 Å². The van der Waals surface area contributed by atoms with Crippen molar-refractivity contribution in [3.8, 4) is 0 Å². The van der Waals surface area contributed by atoms with Crippen molar-refractivity contribution in [3.05, 3.63) is 17.8 Å². The fourth-order valence-corrected chi connectivity index (χ4v) is 3.63. The fraction of sp³-hybridized carbons (Fsp3) is 0.750. The number of urea groups is 1. The second-order valence-corrected chi connectivity index (χ2v) is 6.79. The van der Waals surface area contributed by atoms with Gasteiger partial charge in [0.2, 0.25) is 0 Å². The van der Waals surface area contributed by atoms with Gasteiger partial charge in [-0.1, -0.05) is 6.92 Å². The SMILES string of the molecule is CCCc1ncc(CNC(=O)N2CCC3(CCN(C)C3)C2)o1. The average molecular weight is 306 g/mol. The van der Waals surface area contributed by atoms with Crippen LogP contribution < -0.4 is 5.32 Å². The molecule has 0 radical (unpaired) electrons. The quantitative estimate of drug-likeness (QED) is 0.922. The highest BCUT2D eigenvalue weighted by Crippen LogP contribution is 2.38. The first-order valence-corrected chi connectivity index (χ1v) is 8.25. The van der Waals surface area contributed by atoms with E-state index in [1.165, 1.54) is 6.42 Å². The first-order valence-electron chi connectivity index (χ1n) is 8.25. The van der Waals surface area contributed by atoms with Crippen molar-refractivity contribution in [2.45, 2.75) is 39.2 Å². The number of nitrogens with one attached hydrogen (secondary N) is 1. The van der Waals surface area contributed by atoms with Gasteiger partial charge in [-0.3, -0.25) is 0 Å². The molecule has 0 saturated carbocycles. The lowest BCUT2D eigenvalue weighted by molar-refractivity contribution is 0.198. The largest absolute Gasteiger partial charge is 0.444 e. The molecule has 1 unspecified atom stereocenters. The van der Waals surface area contributed by atoms with Gasteiger partial charge in [0.1, 0.15) is 5.76 Å². The molecule has 6 heteroatoms. The Morgan fingerprint density at radius 1 is 1.41 bits per heavy atom. The lowest BCUT2D eigenvalue weighted by atomic mass is 9.86. The normalized spacial score (nSPS) is 25.3. The van der Waals surface area contributed by atoms with Crippen LogP contribution in [0.3, 0.4) is 0 Å².